The lowest BCUT2D eigenvalue weighted by Crippen LogP contribution is -2.33. The maximum atomic E-state index is 12.6. The summed E-state index contributed by atoms with van der Waals surface area (Å²) in [6.07, 6.45) is 0. The highest BCUT2D eigenvalue weighted by Crippen LogP contribution is 2.32. The number of amides is 2. The van der Waals surface area contributed by atoms with Gasteiger partial charge in [-0.1, -0.05) is 35.3 Å². The molecule has 2 N–H and O–H groups in total. The summed E-state index contributed by atoms with van der Waals surface area (Å²) in [6, 6.07) is 13.1. The average Bonchev–Trinajstić information content (AvgIpc) is 3.26. The van der Waals surface area contributed by atoms with Crippen molar-refractivity contribution in [2.24, 2.45) is 4.99 Å². The molecular formula is C19H11Cl2N3O4S2. The zero-order valence-electron chi connectivity index (χ0n) is 14.8. The fourth-order valence-electron chi connectivity index (χ4n) is 2.80. The molecule has 0 bridgehead atoms. The monoisotopic (exact) mass is 479 g/mol. The number of carbonyl (C=O) groups is 2. The standard InChI is InChI=1S/C19H11Cl2N3O4S2/c20-13-9-10(22-19(26)24-30(27,28)16-8-7-15(21)29-16)5-6-11(13)17-18(25)12-3-1-2-4-14(12)23-17/h1-9H,(H2,22,24,26). The lowest BCUT2D eigenvalue weighted by atomic mass is 10.0. The smallest absolute Gasteiger partial charge is 0.307 e. The van der Waals surface area contributed by atoms with E-state index in [1.807, 2.05) is 4.72 Å². The van der Waals surface area contributed by atoms with Crippen LogP contribution in [0.3, 0.4) is 0 Å². The fraction of sp³-hybridized carbons (Fsp3) is 0. The van der Waals surface area contributed by atoms with Crippen LogP contribution in [0.15, 0.2) is 63.8 Å². The first-order valence-electron chi connectivity index (χ1n) is 8.36. The Hall–Kier alpha value is -2.72. The molecule has 152 valence electrons. The lowest BCUT2D eigenvalue weighted by molar-refractivity contribution is 0.107. The van der Waals surface area contributed by atoms with E-state index in [0.29, 0.717) is 16.8 Å². The molecule has 30 heavy (non-hydrogen) atoms. The molecule has 1 aliphatic rings. The van der Waals surface area contributed by atoms with Crippen LogP contribution in [-0.4, -0.2) is 25.9 Å². The number of hydrogen-bond donors (Lipinski definition) is 2. The van der Waals surface area contributed by atoms with Crippen LogP contribution in [0.2, 0.25) is 9.36 Å². The lowest BCUT2D eigenvalue weighted by Gasteiger charge is -2.09. The predicted octanol–water partition coefficient (Wildman–Crippen LogP) is 4.88. The number of ketones is 1. The summed E-state index contributed by atoms with van der Waals surface area (Å²) >= 11 is 12.9. The number of anilines is 1. The van der Waals surface area contributed by atoms with E-state index < -0.39 is 16.1 Å². The molecule has 7 nitrogen and oxygen atoms in total. The minimum atomic E-state index is -4.05. The van der Waals surface area contributed by atoms with Crippen molar-refractivity contribution in [3.05, 3.63) is 75.1 Å². The molecule has 2 aromatic carbocycles. The number of nitrogens with zero attached hydrogens (tertiary/aromatic N) is 1. The van der Waals surface area contributed by atoms with E-state index in [1.165, 1.54) is 30.3 Å². The number of aliphatic imine (C=N–C) groups is 1. The minimum Gasteiger partial charge on any atom is -0.307 e. The van der Waals surface area contributed by atoms with Crippen LogP contribution in [0.25, 0.3) is 0 Å². The van der Waals surface area contributed by atoms with Gasteiger partial charge < -0.3 is 5.32 Å². The van der Waals surface area contributed by atoms with Gasteiger partial charge in [-0.05, 0) is 42.5 Å². The van der Waals surface area contributed by atoms with Crippen molar-refractivity contribution >= 4 is 73.5 Å². The molecule has 1 aliphatic heterocycles. The molecule has 11 heteroatoms. The largest absolute Gasteiger partial charge is 0.333 e. The van der Waals surface area contributed by atoms with Crippen molar-refractivity contribution in [2.45, 2.75) is 4.21 Å². The van der Waals surface area contributed by atoms with Crippen molar-refractivity contribution in [3.8, 4) is 0 Å². The zero-order chi connectivity index (χ0) is 21.5. The van der Waals surface area contributed by atoms with E-state index in [-0.39, 0.29) is 30.8 Å². The second-order valence-corrected chi connectivity index (χ2v) is 10.2. The van der Waals surface area contributed by atoms with Gasteiger partial charge in [-0.2, -0.15) is 0 Å². The van der Waals surface area contributed by atoms with Gasteiger partial charge in [0.1, 0.15) is 9.92 Å². The van der Waals surface area contributed by atoms with Crippen LogP contribution < -0.4 is 10.0 Å². The summed E-state index contributed by atoms with van der Waals surface area (Å²) in [5, 5.41) is 2.58. The maximum absolute atomic E-state index is 12.6. The fourth-order valence-corrected chi connectivity index (χ4v) is 5.46. The van der Waals surface area contributed by atoms with E-state index in [9.17, 15) is 18.0 Å². The molecule has 0 radical (unpaired) electrons. The molecule has 0 unspecified atom stereocenters. The number of fused-ring (bicyclic) bond motifs is 1. The summed E-state index contributed by atoms with van der Waals surface area (Å²) in [6.45, 7) is 0. The third kappa shape index (κ3) is 3.97. The number of Topliss-reactive ketones (excluding diaryl/α,β-unsaturated/α-hetero) is 1. The average molecular weight is 480 g/mol. The number of halogens is 2. The van der Waals surface area contributed by atoms with E-state index in [1.54, 1.807) is 24.3 Å². The topological polar surface area (TPSA) is 105 Å². The molecule has 0 saturated heterocycles. The first kappa shape index (κ1) is 20.5. The molecule has 0 spiro atoms. The Bertz CT molecular complexity index is 1330. The number of hydrogen-bond acceptors (Lipinski definition) is 6. The van der Waals surface area contributed by atoms with Crippen molar-refractivity contribution in [3.63, 3.8) is 0 Å². The number of para-hydroxylation sites is 1. The second kappa shape index (κ2) is 7.84. The first-order valence-corrected chi connectivity index (χ1v) is 11.4. The van der Waals surface area contributed by atoms with Gasteiger partial charge in [0.25, 0.3) is 10.0 Å². The number of nitrogens with one attached hydrogen (secondary N) is 2. The Morgan fingerprint density at radius 2 is 1.77 bits per heavy atom. The molecule has 3 aromatic rings. The molecule has 4 rings (SSSR count). The number of rotatable bonds is 4. The van der Waals surface area contributed by atoms with Crippen LogP contribution in [0, 0.1) is 0 Å². The van der Waals surface area contributed by atoms with Gasteiger partial charge in [0.05, 0.1) is 15.0 Å². The Morgan fingerprint density at radius 1 is 1.00 bits per heavy atom. The van der Waals surface area contributed by atoms with Crippen LogP contribution in [0.4, 0.5) is 16.2 Å². The van der Waals surface area contributed by atoms with Gasteiger partial charge in [-0.15, -0.1) is 11.3 Å². The summed E-state index contributed by atoms with van der Waals surface area (Å²) < 4.78 is 26.5. The van der Waals surface area contributed by atoms with Crippen LogP contribution in [0.1, 0.15) is 15.9 Å². The van der Waals surface area contributed by atoms with Gasteiger partial charge >= 0.3 is 6.03 Å². The van der Waals surface area contributed by atoms with E-state index in [4.69, 9.17) is 23.2 Å². The van der Waals surface area contributed by atoms with Crippen molar-refractivity contribution in [1.29, 1.82) is 0 Å². The summed E-state index contributed by atoms with van der Waals surface area (Å²) in [4.78, 5) is 29.0. The van der Waals surface area contributed by atoms with Crippen LogP contribution in [0.5, 0.6) is 0 Å². The molecule has 2 heterocycles. The zero-order valence-corrected chi connectivity index (χ0v) is 18.0. The Balaban J connectivity index is 1.50. The van der Waals surface area contributed by atoms with E-state index in [0.717, 1.165) is 11.3 Å². The first-order chi connectivity index (χ1) is 14.2. The Morgan fingerprint density at radius 3 is 2.43 bits per heavy atom. The molecule has 0 aliphatic carbocycles. The maximum Gasteiger partial charge on any atom is 0.333 e. The minimum absolute atomic E-state index is 0.0895. The van der Waals surface area contributed by atoms with Gasteiger partial charge in [-0.25, -0.2) is 22.9 Å². The van der Waals surface area contributed by atoms with Crippen LogP contribution >= 0.6 is 34.5 Å². The highest BCUT2D eigenvalue weighted by molar-refractivity contribution is 7.92. The highest BCUT2D eigenvalue weighted by Gasteiger charge is 2.27. The predicted molar refractivity (Wildman–Crippen MR) is 117 cm³/mol. The van der Waals surface area contributed by atoms with Crippen molar-refractivity contribution < 1.29 is 18.0 Å². The number of benzene rings is 2. The third-order valence-electron chi connectivity index (χ3n) is 4.12. The molecule has 0 saturated carbocycles. The van der Waals surface area contributed by atoms with Gasteiger partial charge in [-0.3, -0.25) is 4.79 Å². The highest BCUT2D eigenvalue weighted by atomic mass is 35.5. The SMILES string of the molecule is O=C(Nc1ccc(C2=Nc3ccccc3C2=O)c(Cl)c1)NS(=O)(=O)c1ccc(Cl)s1. The summed E-state index contributed by atoms with van der Waals surface area (Å²) in [5.41, 5.74) is 1.90. The van der Waals surface area contributed by atoms with Gasteiger partial charge in [0.15, 0.2) is 0 Å². The van der Waals surface area contributed by atoms with Gasteiger partial charge in [0, 0.05) is 16.8 Å². The number of sulfonamides is 1. The Kier molecular flexibility index (Phi) is 5.37. The van der Waals surface area contributed by atoms with E-state index in [2.05, 4.69) is 10.3 Å². The van der Waals surface area contributed by atoms with Crippen LogP contribution in [-0.2, 0) is 10.0 Å². The molecule has 2 amide bonds. The third-order valence-corrected chi connectivity index (χ3v) is 7.49. The normalized spacial score (nSPS) is 13.0. The molecule has 0 atom stereocenters. The second-order valence-electron chi connectivity index (χ2n) is 6.12. The molecule has 1 aromatic heterocycles. The summed E-state index contributed by atoms with van der Waals surface area (Å²) in [7, 11) is -4.05. The van der Waals surface area contributed by atoms with Crippen molar-refractivity contribution in [1.82, 2.24) is 4.72 Å². The number of urea groups is 1. The number of thiophene rings is 1. The van der Waals surface area contributed by atoms with Gasteiger partial charge in [0.2, 0.25) is 5.78 Å². The quantitative estimate of drug-likeness (QED) is 0.555. The molecule has 0 fully saturated rings. The Labute approximate surface area is 185 Å². The number of carbonyl (C=O) groups excluding carboxylic acids is 2. The summed E-state index contributed by atoms with van der Waals surface area (Å²) in [5.74, 6) is -0.244. The van der Waals surface area contributed by atoms with Crippen molar-refractivity contribution in [2.75, 3.05) is 5.32 Å². The molecular weight excluding hydrogens is 469 g/mol. The van der Waals surface area contributed by atoms with E-state index >= 15 is 0 Å².